The van der Waals surface area contributed by atoms with E-state index in [9.17, 15) is 9.18 Å². The number of benzene rings is 1. The zero-order valence-corrected chi connectivity index (χ0v) is 9.35. The van der Waals surface area contributed by atoms with Gasteiger partial charge in [-0.15, -0.1) is 0 Å². The van der Waals surface area contributed by atoms with Crippen LogP contribution >= 0.6 is 0 Å². The molecule has 2 aromatic rings. The number of H-pyrrole nitrogens is 1. The Morgan fingerprint density at radius 1 is 1.38 bits per heavy atom. The predicted octanol–water partition coefficient (Wildman–Crippen LogP) is 2.71. The highest BCUT2D eigenvalue weighted by Gasteiger charge is 2.20. The monoisotopic (exact) mass is 221 g/mol. The van der Waals surface area contributed by atoms with E-state index in [1.54, 1.807) is 13.0 Å². The second-order valence-corrected chi connectivity index (χ2v) is 3.73. The van der Waals surface area contributed by atoms with Gasteiger partial charge in [0.15, 0.2) is 0 Å². The molecule has 0 fully saturated rings. The van der Waals surface area contributed by atoms with Gasteiger partial charge in [0.2, 0.25) is 0 Å². The number of aromatic amines is 1. The van der Waals surface area contributed by atoms with Crippen LogP contribution in [0.2, 0.25) is 0 Å². The molecule has 84 valence electrons. The first kappa shape index (κ1) is 10.7. The maximum absolute atomic E-state index is 13.7. The lowest BCUT2D eigenvalue weighted by Crippen LogP contribution is -2.02. The largest absolute Gasteiger partial charge is 0.465 e. The summed E-state index contributed by atoms with van der Waals surface area (Å²) in [6.45, 7) is 3.59. The van der Waals surface area contributed by atoms with Crippen molar-refractivity contribution in [3.63, 3.8) is 0 Å². The summed E-state index contributed by atoms with van der Waals surface area (Å²) < 4.78 is 18.4. The number of ether oxygens (including phenoxy) is 1. The SMILES string of the molecule is COC(=O)c1c(C)[nH]c2c(C)ccc(F)c12. The predicted molar refractivity (Wildman–Crippen MR) is 59.1 cm³/mol. The molecule has 0 spiro atoms. The molecule has 0 radical (unpaired) electrons. The average Bonchev–Trinajstić information content (AvgIpc) is 2.61. The molecule has 0 unspecified atom stereocenters. The molecule has 0 saturated heterocycles. The third-order valence-corrected chi connectivity index (χ3v) is 2.69. The van der Waals surface area contributed by atoms with E-state index in [2.05, 4.69) is 9.72 Å². The molecule has 0 saturated carbocycles. The van der Waals surface area contributed by atoms with E-state index >= 15 is 0 Å². The molecule has 0 bridgehead atoms. The fourth-order valence-electron chi connectivity index (χ4n) is 1.88. The summed E-state index contributed by atoms with van der Waals surface area (Å²) in [7, 11) is 1.29. The van der Waals surface area contributed by atoms with Crippen molar-refractivity contribution < 1.29 is 13.9 Å². The van der Waals surface area contributed by atoms with Gasteiger partial charge in [-0.05, 0) is 25.5 Å². The van der Waals surface area contributed by atoms with Gasteiger partial charge in [0.1, 0.15) is 5.82 Å². The fourth-order valence-corrected chi connectivity index (χ4v) is 1.88. The van der Waals surface area contributed by atoms with Crippen molar-refractivity contribution >= 4 is 16.9 Å². The quantitative estimate of drug-likeness (QED) is 0.752. The topological polar surface area (TPSA) is 42.1 Å². The summed E-state index contributed by atoms with van der Waals surface area (Å²) >= 11 is 0. The van der Waals surface area contributed by atoms with E-state index in [0.29, 0.717) is 16.6 Å². The number of rotatable bonds is 1. The number of halogens is 1. The molecule has 0 atom stereocenters. The standard InChI is InChI=1S/C12H12FNO2/c1-6-4-5-8(13)10-9(12(15)16-3)7(2)14-11(6)10/h4-5,14H,1-3H3. The van der Waals surface area contributed by atoms with Crippen LogP contribution in [0.1, 0.15) is 21.6 Å². The first-order chi connectivity index (χ1) is 7.56. The van der Waals surface area contributed by atoms with E-state index in [1.165, 1.54) is 13.2 Å². The first-order valence-corrected chi connectivity index (χ1v) is 4.92. The van der Waals surface area contributed by atoms with Gasteiger partial charge >= 0.3 is 5.97 Å². The summed E-state index contributed by atoms with van der Waals surface area (Å²) in [6, 6.07) is 3.03. The number of nitrogens with one attached hydrogen (secondary N) is 1. The van der Waals surface area contributed by atoms with Crippen LogP contribution in [0.4, 0.5) is 4.39 Å². The molecule has 1 aromatic heterocycles. The highest BCUT2D eigenvalue weighted by atomic mass is 19.1. The lowest BCUT2D eigenvalue weighted by Gasteiger charge is -2.00. The van der Waals surface area contributed by atoms with Gasteiger partial charge in [-0.2, -0.15) is 0 Å². The Balaban J connectivity index is 2.88. The van der Waals surface area contributed by atoms with Crippen LogP contribution in [0.5, 0.6) is 0 Å². The number of aryl methyl sites for hydroxylation is 2. The van der Waals surface area contributed by atoms with E-state index < -0.39 is 11.8 Å². The summed E-state index contributed by atoms with van der Waals surface area (Å²) in [6.07, 6.45) is 0. The van der Waals surface area contributed by atoms with Crippen molar-refractivity contribution in [3.05, 3.63) is 34.8 Å². The van der Waals surface area contributed by atoms with E-state index in [1.807, 2.05) is 6.92 Å². The van der Waals surface area contributed by atoms with Crippen molar-refractivity contribution in [2.24, 2.45) is 0 Å². The Labute approximate surface area is 92.2 Å². The molecule has 0 aliphatic heterocycles. The molecule has 0 amide bonds. The van der Waals surface area contributed by atoms with Gasteiger partial charge in [-0.25, -0.2) is 9.18 Å². The summed E-state index contributed by atoms with van der Waals surface area (Å²) in [5, 5.41) is 0.310. The normalized spacial score (nSPS) is 10.8. The lowest BCUT2D eigenvalue weighted by molar-refractivity contribution is 0.0602. The Bertz CT molecular complexity index is 572. The summed E-state index contributed by atoms with van der Waals surface area (Å²) in [4.78, 5) is 14.6. The van der Waals surface area contributed by atoms with Crippen LogP contribution in [-0.2, 0) is 4.74 Å². The highest BCUT2D eigenvalue weighted by molar-refractivity contribution is 6.06. The average molecular weight is 221 g/mol. The number of methoxy groups -OCH3 is 1. The summed E-state index contributed by atoms with van der Waals surface area (Å²) in [5.74, 6) is -0.932. The molecular formula is C12H12FNO2. The number of carbonyl (C=O) groups is 1. The second-order valence-electron chi connectivity index (χ2n) is 3.73. The van der Waals surface area contributed by atoms with Gasteiger partial charge in [-0.1, -0.05) is 6.07 Å². The molecule has 1 aromatic carbocycles. The Morgan fingerprint density at radius 3 is 2.69 bits per heavy atom. The van der Waals surface area contributed by atoms with Gasteiger partial charge in [0, 0.05) is 5.69 Å². The molecule has 4 heteroatoms. The van der Waals surface area contributed by atoms with Crippen molar-refractivity contribution in [2.45, 2.75) is 13.8 Å². The van der Waals surface area contributed by atoms with Crippen LogP contribution in [0, 0.1) is 19.7 Å². The minimum atomic E-state index is -0.520. The minimum absolute atomic E-state index is 0.277. The third kappa shape index (κ3) is 1.38. The summed E-state index contributed by atoms with van der Waals surface area (Å²) in [5.41, 5.74) is 2.45. The zero-order valence-electron chi connectivity index (χ0n) is 9.35. The van der Waals surface area contributed by atoms with Crippen molar-refractivity contribution in [1.29, 1.82) is 0 Å². The maximum Gasteiger partial charge on any atom is 0.340 e. The van der Waals surface area contributed by atoms with Crippen LogP contribution in [0.15, 0.2) is 12.1 Å². The van der Waals surface area contributed by atoms with Gasteiger partial charge in [-0.3, -0.25) is 0 Å². The number of aromatic nitrogens is 1. The number of esters is 1. The van der Waals surface area contributed by atoms with E-state index in [4.69, 9.17) is 0 Å². The van der Waals surface area contributed by atoms with Crippen LogP contribution in [0.25, 0.3) is 10.9 Å². The van der Waals surface area contributed by atoms with E-state index in [0.717, 1.165) is 5.56 Å². The highest BCUT2D eigenvalue weighted by Crippen LogP contribution is 2.27. The number of fused-ring (bicyclic) bond motifs is 1. The molecule has 0 aliphatic carbocycles. The van der Waals surface area contributed by atoms with Crippen LogP contribution in [0.3, 0.4) is 0 Å². The van der Waals surface area contributed by atoms with Crippen molar-refractivity contribution in [3.8, 4) is 0 Å². The van der Waals surface area contributed by atoms with Crippen molar-refractivity contribution in [1.82, 2.24) is 4.98 Å². The van der Waals surface area contributed by atoms with Gasteiger partial charge < -0.3 is 9.72 Å². The smallest absolute Gasteiger partial charge is 0.340 e. The number of hydrogen-bond acceptors (Lipinski definition) is 2. The van der Waals surface area contributed by atoms with Crippen molar-refractivity contribution in [2.75, 3.05) is 7.11 Å². The Hall–Kier alpha value is -1.84. The van der Waals surface area contributed by atoms with Gasteiger partial charge in [0.25, 0.3) is 0 Å². The molecule has 3 nitrogen and oxygen atoms in total. The molecule has 16 heavy (non-hydrogen) atoms. The van der Waals surface area contributed by atoms with Gasteiger partial charge in [0.05, 0.1) is 23.6 Å². The maximum atomic E-state index is 13.7. The number of carbonyl (C=O) groups excluding carboxylic acids is 1. The molecular weight excluding hydrogens is 209 g/mol. The van der Waals surface area contributed by atoms with Crippen LogP contribution < -0.4 is 0 Å². The molecule has 0 aliphatic rings. The molecule has 2 rings (SSSR count). The minimum Gasteiger partial charge on any atom is -0.465 e. The van der Waals surface area contributed by atoms with E-state index in [-0.39, 0.29) is 5.56 Å². The lowest BCUT2D eigenvalue weighted by atomic mass is 10.1. The second kappa shape index (κ2) is 3.63. The molecule has 1 heterocycles. The van der Waals surface area contributed by atoms with Crippen LogP contribution in [-0.4, -0.2) is 18.1 Å². The fraction of sp³-hybridized carbons (Fsp3) is 0.250. The Morgan fingerprint density at radius 2 is 2.06 bits per heavy atom. The molecule has 1 N–H and O–H groups in total. The Kier molecular flexibility index (Phi) is 2.42. The third-order valence-electron chi connectivity index (χ3n) is 2.69. The zero-order chi connectivity index (χ0) is 11.9. The first-order valence-electron chi connectivity index (χ1n) is 4.92. The number of hydrogen-bond donors (Lipinski definition) is 1.